The fraction of sp³-hybridized carbons (Fsp3) is 0.333. The number of nitrogens with one attached hydrogen (secondary N) is 3. The van der Waals surface area contributed by atoms with Crippen molar-refractivity contribution in [3.05, 3.63) is 53.6 Å². The van der Waals surface area contributed by atoms with Crippen LogP contribution in [0, 0.1) is 0 Å². The second-order valence-corrected chi connectivity index (χ2v) is 4.95. The second kappa shape index (κ2) is 5.88. The average molecular weight is 270 g/mol. The van der Waals surface area contributed by atoms with Crippen molar-refractivity contribution in [3.8, 4) is 0 Å². The maximum atomic E-state index is 12.3. The zero-order valence-corrected chi connectivity index (χ0v) is 11.2. The van der Waals surface area contributed by atoms with Gasteiger partial charge in [-0.2, -0.15) is 0 Å². The number of H-pyrrole nitrogens is 1. The minimum Gasteiger partial charge on any atom is -0.354 e. The number of rotatable bonds is 4. The van der Waals surface area contributed by atoms with Gasteiger partial charge in [0.1, 0.15) is 6.04 Å². The summed E-state index contributed by atoms with van der Waals surface area (Å²) >= 11 is 0. The maximum Gasteiger partial charge on any atom is 0.241 e. The van der Waals surface area contributed by atoms with Crippen LogP contribution in [-0.2, 0) is 17.6 Å². The lowest BCUT2D eigenvalue weighted by Crippen LogP contribution is -2.42. The molecule has 1 amide bonds. The van der Waals surface area contributed by atoms with Gasteiger partial charge in [0.15, 0.2) is 0 Å². The minimum atomic E-state index is -0.235. The summed E-state index contributed by atoms with van der Waals surface area (Å²) in [5.74, 6) is 0.0386. The predicted octanol–water partition coefficient (Wildman–Crippen LogP) is 0.955. The van der Waals surface area contributed by atoms with Gasteiger partial charge in [-0.05, 0) is 17.5 Å². The Morgan fingerprint density at radius 2 is 2.30 bits per heavy atom. The van der Waals surface area contributed by atoms with Crippen LogP contribution in [0.15, 0.2) is 36.8 Å². The fourth-order valence-corrected chi connectivity index (χ4v) is 2.58. The first-order valence-electron chi connectivity index (χ1n) is 6.91. The summed E-state index contributed by atoms with van der Waals surface area (Å²) in [5, 5.41) is 6.27. The van der Waals surface area contributed by atoms with Crippen molar-refractivity contribution in [2.45, 2.75) is 18.9 Å². The molecule has 3 rings (SSSR count). The minimum absolute atomic E-state index is 0.0386. The number of carbonyl (C=O) groups is 1. The van der Waals surface area contributed by atoms with Gasteiger partial charge in [0.05, 0.1) is 6.33 Å². The van der Waals surface area contributed by atoms with Crippen molar-refractivity contribution >= 4 is 5.91 Å². The molecule has 20 heavy (non-hydrogen) atoms. The van der Waals surface area contributed by atoms with Crippen molar-refractivity contribution in [2.75, 3.05) is 13.1 Å². The number of hydrogen-bond acceptors (Lipinski definition) is 3. The number of aromatic amines is 1. The van der Waals surface area contributed by atoms with E-state index >= 15 is 0 Å². The highest BCUT2D eigenvalue weighted by atomic mass is 16.2. The zero-order chi connectivity index (χ0) is 13.8. The van der Waals surface area contributed by atoms with Crippen LogP contribution in [0.4, 0.5) is 0 Å². The van der Waals surface area contributed by atoms with Crippen LogP contribution in [0.3, 0.4) is 0 Å². The molecule has 1 atom stereocenters. The number of aromatic nitrogens is 2. The third-order valence-corrected chi connectivity index (χ3v) is 3.62. The molecule has 3 N–H and O–H groups in total. The van der Waals surface area contributed by atoms with Crippen molar-refractivity contribution in [2.24, 2.45) is 0 Å². The fourth-order valence-electron chi connectivity index (χ4n) is 2.58. The Kier molecular flexibility index (Phi) is 3.78. The Balaban J connectivity index is 1.60. The predicted molar refractivity (Wildman–Crippen MR) is 76.2 cm³/mol. The van der Waals surface area contributed by atoms with Gasteiger partial charge >= 0.3 is 0 Å². The first-order chi connectivity index (χ1) is 9.84. The van der Waals surface area contributed by atoms with Crippen LogP contribution in [0.2, 0.25) is 0 Å². The molecule has 0 spiro atoms. The molecule has 2 heterocycles. The molecule has 1 aromatic carbocycles. The quantitative estimate of drug-likeness (QED) is 0.775. The monoisotopic (exact) mass is 270 g/mol. The van der Waals surface area contributed by atoms with Gasteiger partial charge in [-0.25, -0.2) is 4.98 Å². The van der Waals surface area contributed by atoms with E-state index in [1.165, 1.54) is 5.56 Å². The van der Waals surface area contributed by atoms with E-state index in [4.69, 9.17) is 0 Å². The van der Waals surface area contributed by atoms with Crippen molar-refractivity contribution in [1.29, 1.82) is 0 Å². The second-order valence-electron chi connectivity index (χ2n) is 4.95. The lowest BCUT2D eigenvalue weighted by atomic mass is 9.94. The van der Waals surface area contributed by atoms with Gasteiger partial charge in [-0.15, -0.1) is 0 Å². The molecule has 0 radical (unpaired) electrons. The first-order valence-corrected chi connectivity index (χ1v) is 6.91. The van der Waals surface area contributed by atoms with Crippen molar-refractivity contribution in [1.82, 2.24) is 20.6 Å². The highest BCUT2D eigenvalue weighted by Crippen LogP contribution is 2.22. The Morgan fingerprint density at radius 3 is 3.15 bits per heavy atom. The normalized spacial score (nSPS) is 17.5. The smallest absolute Gasteiger partial charge is 0.241 e. The number of nitrogens with zero attached hydrogens (tertiary/aromatic N) is 1. The van der Waals surface area contributed by atoms with Crippen molar-refractivity contribution in [3.63, 3.8) is 0 Å². The van der Waals surface area contributed by atoms with E-state index in [1.807, 2.05) is 18.2 Å². The number of amides is 1. The van der Waals surface area contributed by atoms with Crippen LogP contribution >= 0.6 is 0 Å². The SMILES string of the molecule is O=C(NCCc1cnc[nH]1)C1NCCc2ccccc21. The van der Waals surface area contributed by atoms with Gasteiger partial charge in [-0.1, -0.05) is 24.3 Å². The lowest BCUT2D eigenvalue weighted by molar-refractivity contribution is -0.123. The number of benzene rings is 1. The molecule has 0 fully saturated rings. The van der Waals surface area contributed by atoms with E-state index in [1.54, 1.807) is 12.5 Å². The van der Waals surface area contributed by atoms with E-state index in [9.17, 15) is 4.79 Å². The highest BCUT2D eigenvalue weighted by molar-refractivity contribution is 5.83. The molecule has 0 bridgehead atoms. The molecular formula is C15H18N4O. The summed E-state index contributed by atoms with van der Waals surface area (Å²) in [7, 11) is 0. The molecule has 1 unspecified atom stereocenters. The summed E-state index contributed by atoms with van der Waals surface area (Å²) in [6, 6.07) is 7.90. The van der Waals surface area contributed by atoms with Gasteiger partial charge in [0.2, 0.25) is 5.91 Å². The van der Waals surface area contributed by atoms with E-state index in [-0.39, 0.29) is 11.9 Å². The molecule has 0 saturated heterocycles. The summed E-state index contributed by atoms with van der Waals surface area (Å²) in [6.07, 6.45) is 5.17. The first kappa shape index (κ1) is 12.9. The number of imidazole rings is 1. The molecule has 0 aliphatic carbocycles. The standard InChI is InChI=1S/C15H18N4O/c20-15(18-8-6-12-9-16-10-19-12)14-13-4-2-1-3-11(13)5-7-17-14/h1-4,9-10,14,17H,5-8H2,(H,16,19)(H,18,20). The molecule has 5 nitrogen and oxygen atoms in total. The summed E-state index contributed by atoms with van der Waals surface area (Å²) < 4.78 is 0. The van der Waals surface area contributed by atoms with Gasteiger partial charge < -0.3 is 15.6 Å². The van der Waals surface area contributed by atoms with Gasteiger partial charge in [-0.3, -0.25) is 4.79 Å². The van der Waals surface area contributed by atoms with E-state index in [0.717, 1.165) is 30.6 Å². The average Bonchev–Trinajstić information content (AvgIpc) is 3.00. The molecular weight excluding hydrogens is 252 g/mol. The zero-order valence-electron chi connectivity index (χ0n) is 11.2. The molecule has 0 saturated carbocycles. The van der Waals surface area contributed by atoms with Gasteiger partial charge in [0.25, 0.3) is 0 Å². The lowest BCUT2D eigenvalue weighted by Gasteiger charge is -2.26. The van der Waals surface area contributed by atoms with E-state index in [2.05, 4.69) is 26.7 Å². The summed E-state index contributed by atoms with van der Waals surface area (Å²) in [6.45, 7) is 1.46. The maximum absolute atomic E-state index is 12.3. The van der Waals surface area contributed by atoms with Gasteiger partial charge in [0, 0.05) is 31.4 Å². The van der Waals surface area contributed by atoms with Crippen LogP contribution in [0.5, 0.6) is 0 Å². The summed E-state index contributed by atoms with van der Waals surface area (Å²) in [4.78, 5) is 19.3. The number of fused-ring (bicyclic) bond motifs is 1. The third-order valence-electron chi connectivity index (χ3n) is 3.62. The Morgan fingerprint density at radius 1 is 1.40 bits per heavy atom. The number of carbonyl (C=O) groups excluding carboxylic acids is 1. The molecule has 1 aliphatic rings. The van der Waals surface area contributed by atoms with Crippen LogP contribution in [0.1, 0.15) is 22.9 Å². The molecule has 1 aliphatic heterocycles. The molecule has 2 aromatic rings. The topological polar surface area (TPSA) is 69.8 Å². The van der Waals surface area contributed by atoms with Crippen LogP contribution < -0.4 is 10.6 Å². The molecule has 104 valence electrons. The van der Waals surface area contributed by atoms with Crippen LogP contribution in [0.25, 0.3) is 0 Å². The summed E-state index contributed by atoms with van der Waals surface area (Å²) in [5.41, 5.74) is 3.39. The largest absolute Gasteiger partial charge is 0.354 e. The molecule has 5 heteroatoms. The van der Waals surface area contributed by atoms with Crippen molar-refractivity contribution < 1.29 is 4.79 Å². The number of hydrogen-bond donors (Lipinski definition) is 3. The molecule has 1 aromatic heterocycles. The highest BCUT2D eigenvalue weighted by Gasteiger charge is 2.25. The Labute approximate surface area is 117 Å². The Bertz CT molecular complexity index is 579. The Hall–Kier alpha value is -2.14. The van der Waals surface area contributed by atoms with E-state index in [0.29, 0.717) is 6.54 Å². The third kappa shape index (κ3) is 2.72. The van der Waals surface area contributed by atoms with Crippen LogP contribution in [-0.4, -0.2) is 29.0 Å². The van der Waals surface area contributed by atoms with E-state index < -0.39 is 0 Å².